The zero-order valence-corrected chi connectivity index (χ0v) is 18.8. The van der Waals surface area contributed by atoms with Crippen LogP contribution < -0.4 is 10.6 Å². The minimum atomic E-state index is -0.268. The maximum Gasteiger partial charge on any atom is 0.322 e. The Labute approximate surface area is 179 Å². The predicted molar refractivity (Wildman–Crippen MR) is 121 cm³/mol. The van der Waals surface area contributed by atoms with Gasteiger partial charge in [-0.15, -0.1) is 0 Å². The minimum absolute atomic E-state index is 0.0649. The number of hydrogen-bond donors (Lipinski definition) is 2. The average molecular weight is 412 g/mol. The second-order valence-corrected chi connectivity index (χ2v) is 9.65. The van der Waals surface area contributed by atoms with E-state index in [0.717, 1.165) is 36.1 Å². The molecule has 0 bridgehead atoms. The van der Waals surface area contributed by atoms with Gasteiger partial charge in [0, 0.05) is 29.4 Å². The zero-order chi connectivity index (χ0) is 21.9. The second kappa shape index (κ2) is 8.76. The maximum absolute atomic E-state index is 13.5. The van der Waals surface area contributed by atoms with Crippen molar-refractivity contribution in [2.75, 3.05) is 5.32 Å². The molecule has 2 N–H and O–H groups in total. The van der Waals surface area contributed by atoms with E-state index in [1.54, 1.807) is 12.1 Å². The Kier molecular flexibility index (Phi) is 6.51. The number of piperidine rings is 1. The normalized spacial score (nSPS) is 18.1. The summed E-state index contributed by atoms with van der Waals surface area (Å²) in [5.41, 5.74) is 2.70. The fraction of sp³-hybridized carbons (Fsp3) is 0.480. The maximum atomic E-state index is 13.5. The molecule has 2 aromatic carbocycles. The van der Waals surface area contributed by atoms with Crippen molar-refractivity contribution in [1.29, 1.82) is 0 Å². The first kappa shape index (κ1) is 22.3. The molecule has 1 fully saturated rings. The molecule has 2 aromatic rings. The van der Waals surface area contributed by atoms with E-state index in [1.165, 1.54) is 12.1 Å². The van der Waals surface area contributed by atoms with Crippen LogP contribution in [-0.2, 0) is 13.0 Å². The highest BCUT2D eigenvalue weighted by atomic mass is 19.1. The number of carbonyl (C=O) groups excluding carboxylic acids is 1. The lowest BCUT2D eigenvalue weighted by Crippen LogP contribution is -2.63. The molecule has 4 nitrogen and oxygen atoms in total. The minimum Gasteiger partial charge on any atom is -0.317 e. The van der Waals surface area contributed by atoms with Crippen molar-refractivity contribution in [3.05, 3.63) is 65.5 Å². The van der Waals surface area contributed by atoms with Crippen molar-refractivity contribution in [1.82, 2.24) is 10.2 Å². The standard InChI is InChI=1S/C25H34FN3O/c1-6-19-9-7-8-10-22(19)27-23(30)29(17-18-11-13-20(26)14-12-18)21-15-24(2,3)28-25(4,5)16-21/h7-14,21,28H,6,15-17H2,1-5H3,(H,27,30). The first-order chi connectivity index (χ1) is 14.1. The number of nitrogens with zero attached hydrogens (tertiary/aromatic N) is 1. The van der Waals surface area contributed by atoms with Crippen molar-refractivity contribution in [2.24, 2.45) is 0 Å². The topological polar surface area (TPSA) is 44.4 Å². The van der Waals surface area contributed by atoms with Crippen LogP contribution in [0.5, 0.6) is 0 Å². The van der Waals surface area contributed by atoms with Gasteiger partial charge in [-0.1, -0.05) is 37.3 Å². The van der Waals surface area contributed by atoms with Crippen molar-refractivity contribution in [3.8, 4) is 0 Å². The smallest absolute Gasteiger partial charge is 0.317 e. The Morgan fingerprint density at radius 3 is 2.27 bits per heavy atom. The number of urea groups is 1. The largest absolute Gasteiger partial charge is 0.322 e. The Balaban J connectivity index is 1.90. The fourth-order valence-corrected chi connectivity index (χ4v) is 4.78. The molecule has 1 aliphatic rings. The molecule has 30 heavy (non-hydrogen) atoms. The summed E-state index contributed by atoms with van der Waals surface area (Å²) in [6.07, 6.45) is 2.54. The lowest BCUT2D eigenvalue weighted by atomic mass is 9.79. The Hall–Kier alpha value is -2.40. The summed E-state index contributed by atoms with van der Waals surface area (Å²) >= 11 is 0. The van der Waals surface area contributed by atoms with Crippen molar-refractivity contribution in [2.45, 2.75) is 77.5 Å². The van der Waals surface area contributed by atoms with Crippen LogP contribution >= 0.6 is 0 Å². The number of rotatable bonds is 5. The lowest BCUT2D eigenvalue weighted by molar-refractivity contribution is 0.0835. The highest BCUT2D eigenvalue weighted by Crippen LogP contribution is 2.33. The number of halogens is 1. The molecule has 1 aliphatic heterocycles. The molecule has 1 saturated heterocycles. The van der Waals surface area contributed by atoms with Crippen molar-refractivity contribution >= 4 is 11.7 Å². The highest BCUT2D eigenvalue weighted by Gasteiger charge is 2.41. The summed E-state index contributed by atoms with van der Waals surface area (Å²) in [6, 6.07) is 14.3. The number of benzene rings is 2. The van der Waals surface area contributed by atoms with Gasteiger partial charge in [0.15, 0.2) is 0 Å². The molecule has 1 heterocycles. The molecule has 0 saturated carbocycles. The first-order valence-corrected chi connectivity index (χ1v) is 10.8. The van der Waals surface area contributed by atoms with Crippen LogP contribution in [0.15, 0.2) is 48.5 Å². The molecule has 2 amide bonds. The van der Waals surface area contributed by atoms with Crippen molar-refractivity contribution < 1.29 is 9.18 Å². The van der Waals surface area contributed by atoms with Gasteiger partial charge in [0.1, 0.15) is 5.82 Å². The molecule has 0 aliphatic carbocycles. The molecule has 0 unspecified atom stereocenters. The summed E-state index contributed by atoms with van der Waals surface area (Å²) in [6.45, 7) is 11.3. The third-order valence-electron chi connectivity index (χ3n) is 5.78. The summed E-state index contributed by atoms with van der Waals surface area (Å²) in [7, 11) is 0. The number of amides is 2. The summed E-state index contributed by atoms with van der Waals surface area (Å²) < 4.78 is 13.4. The number of hydrogen-bond acceptors (Lipinski definition) is 2. The van der Waals surface area contributed by atoms with Gasteiger partial charge in [-0.2, -0.15) is 0 Å². The van der Waals surface area contributed by atoms with Crippen LogP contribution in [0.3, 0.4) is 0 Å². The van der Waals surface area contributed by atoms with Crippen LogP contribution in [0.1, 0.15) is 58.6 Å². The van der Waals surface area contributed by atoms with E-state index in [2.05, 4.69) is 45.3 Å². The molecular formula is C25H34FN3O. The Bertz CT molecular complexity index is 860. The van der Waals surface area contributed by atoms with Crippen molar-refractivity contribution in [3.63, 3.8) is 0 Å². The molecule has 162 valence electrons. The van der Waals surface area contributed by atoms with Gasteiger partial charge < -0.3 is 15.5 Å². The molecular weight excluding hydrogens is 377 g/mol. The number of nitrogens with one attached hydrogen (secondary N) is 2. The van der Waals surface area contributed by atoms with Crippen LogP contribution in [-0.4, -0.2) is 28.1 Å². The third kappa shape index (κ3) is 5.60. The molecule has 3 rings (SSSR count). The zero-order valence-electron chi connectivity index (χ0n) is 18.8. The Morgan fingerprint density at radius 2 is 1.67 bits per heavy atom. The first-order valence-electron chi connectivity index (χ1n) is 10.8. The summed E-state index contributed by atoms with van der Waals surface area (Å²) in [5, 5.41) is 6.82. The highest BCUT2D eigenvalue weighted by molar-refractivity contribution is 5.90. The van der Waals surface area contributed by atoms with Gasteiger partial charge in [-0.3, -0.25) is 0 Å². The summed E-state index contributed by atoms with van der Waals surface area (Å²) in [4.78, 5) is 15.4. The summed E-state index contributed by atoms with van der Waals surface area (Å²) in [5.74, 6) is -0.268. The lowest BCUT2D eigenvalue weighted by Gasteiger charge is -2.49. The van der Waals surface area contributed by atoms with E-state index in [4.69, 9.17) is 0 Å². The number of anilines is 1. The van der Waals surface area contributed by atoms with Gasteiger partial charge >= 0.3 is 6.03 Å². The van der Waals surface area contributed by atoms with E-state index >= 15 is 0 Å². The molecule has 5 heteroatoms. The molecule has 0 aromatic heterocycles. The van der Waals surface area contributed by atoms with E-state index < -0.39 is 0 Å². The van der Waals surface area contributed by atoms with Crippen LogP contribution in [0, 0.1) is 5.82 Å². The van der Waals surface area contributed by atoms with Crippen LogP contribution in [0.4, 0.5) is 14.9 Å². The van der Waals surface area contributed by atoms with Gasteiger partial charge in [0.25, 0.3) is 0 Å². The van der Waals surface area contributed by atoms with E-state index in [0.29, 0.717) is 6.54 Å². The number of aryl methyl sites for hydroxylation is 1. The Morgan fingerprint density at radius 1 is 1.07 bits per heavy atom. The van der Waals surface area contributed by atoms with E-state index in [9.17, 15) is 9.18 Å². The van der Waals surface area contributed by atoms with Gasteiger partial charge in [0.05, 0.1) is 0 Å². The SMILES string of the molecule is CCc1ccccc1NC(=O)N(Cc1ccc(F)cc1)C1CC(C)(C)NC(C)(C)C1. The van der Waals surface area contributed by atoms with Crippen LogP contribution in [0.2, 0.25) is 0 Å². The third-order valence-corrected chi connectivity index (χ3v) is 5.78. The molecule has 0 spiro atoms. The molecule has 0 radical (unpaired) electrons. The predicted octanol–water partition coefficient (Wildman–Crippen LogP) is 5.73. The second-order valence-electron chi connectivity index (χ2n) is 9.65. The van der Waals surface area contributed by atoms with E-state index in [-0.39, 0.29) is 29.0 Å². The van der Waals surface area contributed by atoms with Gasteiger partial charge in [0.2, 0.25) is 0 Å². The fourth-order valence-electron chi connectivity index (χ4n) is 4.78. The van der Waals surface area contributed by atoms with Gasteiger partial charge in [-0.25, -0.2) is 9.18 Å². The molecule has 0 atom stereocenters. The quantitative estimate of drug-likeness (QED) is 0.660. The van der Waals surface area contributed by atoms with E-state index in [1.807, 2.05) is 29.2 Å². The average Bonchev–Trinajstić information content (AvgIpc) is 2.65. The van der Waals surface area contributed by atoms with Gasteiger partial charge in [-0.05, 0) is 76.3 Å². The van der Waals surface area contributed by atoms with Crippen LogP contribution in [0.25, 0.3) is 0 Å². The number of carbonyl (C=O) groups is 1. The monoisotopic (exact) mass is 411 g/mol. The number of para-hydroxylation sites is 1.